The van der Waals surface area contributed by atoms with Crippen LogP contribution in [-0.4, -0.2) is 22.5 Å². The highest BCUT2D eigenvalue weighted by molar-refractivity contribution is 6.06. The van der Waals surface area contributed by atoms with Gasteiger partial charge in [-0.05, 0) is 30.3 Å². The molecule has 0 fully saturated rings. The Balaban J connectivity index is 1.78. The number of amides is 1. The molecule has 6 heteroatoms. The summed E-state index contributed by atoms with van der Waals surface area (Å²) in [5, 5.41) is 13.1. The van der Waals surface area contributed by atoms with Crippen LogP contribution in [0.4, 0.5) is 8.78 Å². The first-order chi connectivity index (χ1) is 11.6. The number of nitrogens with one attached hydrogen (secondary N) is 1. The van der Waals surface area contributed by atoms with E-state index in [0.717, 1.165) is 12.1 Å². The Morgan fingerprint density at radius 1 is 1.08 bits per heavy atom. The van der Waals surface area contributed by atoms with Gasteiger partial charge in [0, 0.05) is 23.7 Å². The first-order valence-corrected chi connectivity index (χ1v) is 7.32. The molecule has 0 aliphatic carbocycles. The van der Waals surface area contributed by atoms with Gasteiger partial charge in [0.25, 0.3) is 5.91 Å². The molecule has 0 aliphatic rings. The Kier molecular flexibility index (Phi) is 4.48. The molecular formula is C18H14F2N2O2. The van der Waals surface area contributed by atoms with Crippen LogP contribution in [0.3, 0.4) is 0 Å². The van der Waals surface area contributed by atoms with Crippen molar-refractivity contribution in [2.75, 3.05) is 6.54 Å². The van der Waals surface area contributed by atoms with Crippen molar-refractivity contribution in [1.29, 1.82) is 0 Å². The second kappa shape index (κ2) is 6.72. The minimum absolute atomic E-state index is 0.312. The smallest absolute Gasteiger partial charge is 0.252 e. The van der Waals surface area contributed by atoms with E-state index in [1.165, 1.54) is 6.07 Å². The molecule has 1 unspecified atom stereocenters. The number of aromatic nitrogens is 1. The van der Waals surface area contributed by atoms with Crippen molar-refractivity contribution in [3.05, 3.63) is 77.5 Å². The molecule has 0 saturated carbocycles. The van der Waals surface area contributed by atoms with Crippen molar-refractivity contribution in [2.45, 2.75) is 6.10 Å². The summed E-state index contributed by atoms with van der Waals surface area (Å²) in [6.45, 7) is -0.312. The molecule has 0 bridgehead atoms. The zero-order valence-corrected chi connectivity index (χ0v) is 12.5. The van der Waals surface area contributed by atoms with Crippen molar-refractivity contribution in [3.63, 3.8) is 0 Å². The number of aliphatic hydroxyl groups excluding tert-OH is 1. The number of rotatable bonds is 4. The molecule has 3 rings (SSSR count). The maximum atomic E-state index is 13.6. The van der Waals surface area contributed by atoms with Crippen molar-refractivity contribution in [3.8, 4) is 0 Å². The first-order valence-electron chi connectivity index (χ1n) is 7.32. The minimum Gasteiger partial charge on any atom is -0.386 e. The average Bonchev–Trinajstić information content (AvgIpc) is 2.59. The van der Waals surface area contributed by atoms with Gasteiger partial charge in [-0.2, -0.15) is 0 Å². The number of carbonyl (C=O) groups excluding carboxylic acids is 1. The van der Waals surface area contributed by atoms with E-state index in [0.29, 0.717) is 16.5 Å². The summed E-state index contributed by atoms with van der Waals surface area (Å²) in [4.78, 5) is 16.5. The van der Waals surface area contributed by atoms with E-state index in [1.54, 1.807) is 36.5 Å². The van der Waals surface area contributed by atoms with Crippen LogP contribution >= 0.6 is 0 Å². The number of hydrogen-bond acceptors (Lipinski definition) is 3. The molecule has 1 heterocycles. The van der Waals surface area contributed by atoms with E-state index in [4.69, 9.17) is 0 Å². The van der Waals surface area contributed by atoms with Crippen LogP contribution in [0.15, 0.2) is 54.7 Å². The maximum absolute atomic E-state index is 13.6. The summed E-state index contributed by atoms with van der Waals surface area (Å²) in [6, 6.07) is 11.9. The van der Waals surface area contributed by atoms with Gasteiger partial charge in [0.15, 0.2) is 0 Å². The molecule has 4 nitrogen and oxygen atoms in total. The fourth-order valence-electron chi connectivity index (χ4n) is 2.52. The third kappa shape index (κ3) is 3.09. The van der Waals surface area contributed by atoms with Gasteiger partial charge in [0.2, 0.25) is 0 Å². The minimum atomic E-state index is -1.48. The lowest BCUT2D eigenvalue weighted by molar-refractivity contribution is 0.0913. The van der Waals surface area contributed by atoms with Crippen LogP contribution in [0.25, 0.3) is 10.9 Å². The largest absolute Gasteiger partial charge is 0.386 e. The molecule has 1 aromatic heterocycles. The number of fused-ring (bicyclic) bond motifs is 1. The summed E-state index contributed by atoms with van der Waals surface area (Å²) < 4.78 is 27.3. The third-order valence-electron chi connectivity index (χ3n) is 3.68. The normalized spacial score (nSPS) is 12.1. The lowest BCUT2D eigenvalue weighted by Gasteiger charge is -2.14. The van der Waals surface area contributed by atoms with Crippen LogP contribution in [0.2, 0.25) is 0 Å². The van der Waals surface area contributed by atoms with Gasteiger partial charge in [0.05, 0.1) is 11.1 Å². The molecule has 2 aromatic carbocycles. The molecule has 0 saturated heterocycles. The number of nitrogens with zero attached hydrogens (tertiary/aromatic N) is 1. The van der Waals surface area contributed by atoms with Crippen LogP contribution in [-0.2, 0) is 0 Å². The molecule has 3 aromatic rings. The van der Waals surface area contributed by atoms with Crippen LogP contribution in [0.1, 0.15) is 22.0 Å². The lowest BCUT2D eigenvalue weighted by Crippen LogP contribution is -2.29. The lowest BCUT2D eigenvalue weighted by atomic mass is 10.1. The molecule has 0 spiro atoms. The van der Waals surface area contributed by atoms with E-state index < -0.39 is 29.2 Å². The molecule has 0 aliphatic heterocycles. The van der Waals surface area contributed by atoms with Gasteiger partial charge < -0.3 is 10.4 Å². The highest BCUT2D eigenvalue weighted by atomic mass is 19.1. The molecule has 0 radical (unpaired) electrons. The second-order valence-electron chi connectivity index (χ2n) is 5.24. The highest BCUT2D eigenvalue weighted by Crippen LogP contribution is 2.21. The Morgan fingerprint density at radius 2 is 1.79 bits per heavy atom. The van der Waals surface area contributed by atoms with Crippen molar-refractivity contribution >= 4 is 16.8 Å². The van der Waals surface area contributed by atoms with E-state index in [2.05, 4.69) is 10.3 Å². The summed E-state index contributed by atoms with van der Waals surface area (Å²) in [7, 11) is 0. The SMILES string of the molecule is O=C(NCC(O)c1c(F)cccc1F)c1cccc2ncccc12. The average molecular weight is 328 g/mol. The summed E-state index contributed by atoms with van der Waals surface area (Å²) in [5.41, 5.74) is 0.574. The highest BCUT2D eigenvalue weighted by Gasteiger charge is 2.19. The number of benzene rings is 2. The Bertz CT molecular complexity index is 874. The molecule has 1 atom stereocenters. The number of pyridine rings is 1. The van der Waals surface area contributed by atoms with Crippen LogP contribution in [0.5, 0.6) is 0 Å². The van der Waals surface area contributed by atoms with E-state index in [1.807, 2.05) is 0 Å². The molecule has 2 N–H and O–H groups in total. The Morgan fingerprint density at radius 3 is 2.54 bits per heavy atom. The third-order valence-corrected chi connectivity index (χ3v) is 3.68. The monoisotopic (exact) mass is 328 g/mol. The van der Waals surface area contributed by atoms with Gasteiger partial charge in [0.1, 0.15) is 17.7 Å². The topological polar surface area (TPSA) is 62.2 Å². The molecule has 1 amide bonds. The fourth-order valence-corrected chi connectivity index (χ4v) is 2.52. The first kappa shape index (κ1) is 16.0. The van der Waals surface area contributed by atoms with Gasteiger partial charge >= 0.3 is 0 Å². The zero-order valence-electron chi connectivity index (χ0n) is 12.5. The fraction of sp³-hybridized carbons (Fsp3) is 0.111. The summed E-state index contributed by atoms with van der Waals surface area (Å²) in [5.74, 6) is -2.17. The summed E-state index contributed by atoms with van der Waals surface area (Å²) in [6.07, 6.45) is 0.137. The number of aliphatic hydroxyl groups is 1. The summed E-state index contributed by atoms with van der Waals surface area (Å²) >= 11 is 0. The van der Waals surface area contributed by atoms with Gasteiger partial charge in [-0.25, -0.2) is 8.78 Å². The van der Waals surface area contributed by atoms with E-state index >= 15 is 0 Å². The molecule has 122 valence electrons. The van der Waals surface area contributed by atoms with Gasteiger partial charge in [-0.3, -0.25) is 9.78 Å². The van der Waals surface area contributed by atoms with Gasteiger partial charge in [-0.1, -0.05) is 18.2 Å². The Hall–Kier alpha value is -2.86. The predicted octanol–water partition coefficient (Wildman–Crippen LogP) is 2.98. The van der Waals surface area contributed by atoms with E-state index in [-0.39, 0.29) is 6.54 Å². The number of carbonyl (C=O) groups is 1. The number of hydrogen-bond donors (Lipinski definition) is 2. The quantitative estimate of drug-likeness (QED) is 0.774. The van der Waals surface area contributed by atoms with Crippen LogP contribution in [0, 0.1) is 11.6 Å². The van der Waals surface area contributed by atoms with Crippen LogP contribution < -0.4 is 5.32 Å². The second-order valence-corrected chi connectivity index (χ2v) is 5.24. The maximum Gasteiger partial charge on any atom is 0.252 e. The van der Waals surface area contributed by atoms with E-state index in [9.17, 15) is 18.7 Å². The van der Waals surface area contributed by atoms with Crippen molar-refractivity contribution < 1.29 is 18.7 Å². The zero-order chi connectivity index (χ0) is 17.1. The Labute approximate surface area is 136 Å². The molecule has 24 heavy (non-hydrogen) atoms. The predicted molar refractivity (Wildman–Crippen MR) is 85.4 cm³/mol. The number of halogens is 2. The molecular weight excluding hydrogens is 314 g/mol. The van der Waals surface area contributed by atoms with Gasteiger partial charge in [-0.15, -0.1) is 0 Å². The standard InChI is InChI=1S/C18H14F2N2O2/c19-13-6-2-7-14(20)17(13)16(23)10-22-18(24)12-4-1-8-15-11(12)5-3-9-21-15/h1-9,16,23H,10H2,(H,22,24). The van der Waals surface area contributed by atoms with Crippen molar-refractivity contribution in [2.24, 2.45) is 0 Å². The van der Waals surface area contributed by atoms with Crippen molar-refractivity contribution in [1.82, 2.24) is 10.3 Å².